The van der Waals surface area contributed by atoms with Gasteiger partial charge in [-0.3, -0.25) is 14.4 Å². The van der Waals surface area contributed by atoms with Crippen molar-refractivity contribution in [2.24, 2.45) is 0 Å². The van der Waals surface area contributed by atoms with Gasteiger partial charge in [0.15, 0.2) is 6.10 Å². The standard InChI is InChI=1S/C59H108O6/c1-4-7-10-13-16-19-22-25-28-29-32-34-37-40-43-46-49-52-58(61)64-55-56(65-59(62)53-50-47-44-41-38-35-31-27-24-21-18-15-12-9-6-3)54-63-57(60)51-48-45-42-39-36-33-30-26-23-20-17-14-11-8-5-2/h18,21,26-27,30-31,56H,4-17,19-20,22-25,28-29,32-55H2,1-3H3. The molecule has 0 aromatic heterocycles. The predicted molar refractivity (Wildman–Crippen MR) is 279 cm³/mol. The molecule has 0 heterocycles. The van der Waals surface area contributed by atoms with Crippen LogP contribution in [0.15, 0.2) is 36.5 Å². The van der Waals surface area contributed by atoms with Crippen LogP contribution in [0.3, 0.4) is 0 Å². The maximum Gasteiger partial charge on any atom is 0.306 e. The van der Waals surface area contributed by atoms with E-state index in [0.717, 1.165) is 89.9 Å². The van der Waals surface area contributed by atoms with Crippen molar-refractivity contribution in [3.63, 3.8) is 0 Å². The van der Waals surface area contributed by atoms with Crippen LogP contribution in [0.1, 0.15) is 303 Å². The van der Waals surface area contributed by atoms with Gasteiger partial charge in [0.2, 0.25) is 0 Å². The van der Waals surface area contributed by atoms with E-state index >= 15 is 0 Å². The second-order valence-electron chi connectivity index (χ2n) is 19.2. The van der Waals surface area contributed by atoms with Crippen molar-refractivity contribution in [1.82, 2.24) is 0 Å². The van der Waals surface area contributed by atoms with Crippen molar-refractivity contribution >= 4 is 17.9 Å². The molecule has 6 heteroatoms. The first-order chi connectivity index (χ1) is 32.0. The summed E-state index contributed by atoms with van der Waals surface area (Å²) < 4.78 is 16.9. The van der Waals surface area contributed by atoms with E-state index in [9.17, 15) is 14.4 Å². The minimum Gasteiger partial charge on any atom is -0.462 e. The number of hydrogen-bond acceptors (Lipinski definition) is 6. The number of rotatable bonds is 52. The summed E-state index contributed by atoms with van der Waals surface area (Å²) in [6, 6.07) is 0. The third-order valence-electron chi connectivity index (χ3n) is 12.6. The zero-order valence-electron chi connectivity index (χ0n) is 43.5. The third-order valence-corrected chi connectivity index (χ3v) is 12.6. The summed E-state index contributed by atoms with van der Waals surface area (Å²) >= 11 is 0. The van der Waals surface area contributed by atoms with Crippen LogP contribution < -0.4 is 0 Å². The van der Waals surface area contributed by atoms with Gasteiger partial charge in [0, 0.05) is 19.3 Å². The van der Waals surface area contributed by atoms with E-state index in [4.69, 9.17) is 14.2 Å². The third kappa shape index (κ3) is 52.5. The number of allylic oxidation sites excluding steroid dienone is 6. The lowest BCUT2D eigenvalue weighted by molar-refractivity contribution is -0.167. The molecular weight excluding hydrogens is 805 g/mol. The normalized spacial score (nSPS) is 12.2. The summed E-state index contributed by atoms with van der Waals surface area (Å²) in [7, 11) is 0. The molecule has 0 aliphatic carbocycles. The van der Waals surface area contributed by atoms with E-state index < -0.39 is 6.10 Å². The van der Waals surface area contributed by atoms with Crippen LogP contribution in [0, 0.1) is 0 Å². The van der Waals surface area contributed by atoms with Crippen molar-refractivity contribution in [2.75, 3.05) is 13.2 Å². The minimum absolute atomic E-state index is 0.0770. The quantitative estimate of drug-likeness (QED) is 0.0262. The molecule has 0 rings (SSSR count). The Hall–Kier alpha value is -2.37. The molecule has 0 amide bonds. The van der Waals surface area contributed by atoms with Crippen LogP contribution >= 0.6 is 0 Å². The molecule has 0 aromatic rings. The molecule has 0 radical (unpaired) electrons. The maximum absolute atomic E-state index is 12.8. The maximum atomic E-state index is 12.8. The molecule has 0 bridgehead atoms. The van der Waals surface area contributed by atoms with Crippen molar-refractivity contribution in [3.05, 3.63) is 36.5 Å². The van der Waals surface area contributed by atoms with E-state index in [2.05, 4.69) is 57.2 Å². The molecule has 0 fully saturated rings. The summed E-state index contributed by atoms with van der Waals surface area (Å²) in [5, 5.41) is 0. The van der Waals surface area contributed by atoms with Crippen molar-refractivity contribution in [1.29, 1.82) is 0 Å². The molecule has 0 N–H and O–H groups in total. The Morgan fingerprint density at radius 2 is 0.554 bits per heavy atom. The van der Waals surface area contributed by atoms with E-state index in [1.165, 1.54) is 173 Å². The first-order valence-electron chi connectivity index (χ1n) is 28.5. The van der Waals surface area contributed by atoms with Crippen molar-refractivity contribution < 1.29 is 28.6 Å². The highest BCUT2D eigenvalue weighted by atomic mass is 16.6. The van der Waals surface area contributed by atoms with Gasteiger partial charge in [0.1, 0.15) is 13.2 Å². The lowest BCUT2D eigenvalue weighted by Crippen LogP contribution is -2.30. The molecule has 0 aliphatic heterocycles. The zero-order chi connectivity index (χ0) is 47.2. The van der Waals surface area contributed by atoms with Gasteiger partial charge in [-0.2, -0.15) is 0 Å². The van der Waals surface area contributed by atoms with E-state index in [-0.39, 0.29) is 31.1 Å². The highest BCUT2D eigenvalue weighted by Gasteiger charge is 2.19. The van der Waals surface area contributed by atoms with Crippen LogP contribution in [0.25, 0.3) is 0 Å². The molecule has 380 valence electrons. The van der Waals surface area contributed by atoms with Gasteiger partial charge in [-0.25, -0.2) is 0 Å². The number of ether oxygens (including phenoxy) is 3. The van der Waals surface area contributed by atoms with Crippen LogP contribution in [0.4, 0.5) is 0 Å². The Morgan fingerprint density at radius 3 is 0.892 bits per heavy atom. The zero-order valence-corrected chi connectivity index (χ0v) is 43.5. The average Bonchev–Trinajstić information content (AvgIpc) is 3.30. The highest BCUT2D eigenvalue weighted by molar-refractivity contribution is 5.71. The monoisotopic (exact) mass is 913 g/mol. The van der Waals surface area contributed by atoms with E-state index in [1.807, 2.05) is 0 Å². The topological polar surface area (TPSA) is 78.9 Å². The molecule has 0 saturated carbocycles. The van der Waals surface area contributed by atoms with Crippen LogP contribution in [-0.2, 0) is 28.6 Å². The summed E-state index contributed by atoms with van der Waals surface area (Å²) in [5.74, 6) is -0.884. The molecule has 65 heavy (non-hydrogen) atoms. The molecule has 1 unspecified atom stereocenters. The molecule has 0 aliphatic rings. The predicted octanol–water partition coefficient (Wildman–Crippen LogP) is 18.9. The molecule has 0 aromatic carbocycles. The number of esters is 3. The number of hydrogen-bond donors (Lipinski definition) is 0. The van der Waals surface area contributed by atoms with Crippen LogP contribution in [0.2, 0.25) is 0 Å². The first-order valence-corrected chi connectivity index (χ1v) is 28.5. The first kappa shape index (κ1) is 62.6. The molecule has 0 spiro atoms. The lowest BCUT2D eigenvalue weighted by atomic mass is 10.0. The minimum atomic E-state index is -0.780. The number of carbonyl (C=O) groups is 3. The Labute approximate surface area is 404 Å². The second-order valence-corrected chi connectivity index (χ2v) is 19.2. The summed E-state index contributed by atoms with van der Waals surface area (Å²) in [4.78, 5) is 38.1. The van der Waals surface area contributed by atoms with Crippen molar-refractivity contribution in [3.8, 4) is 0 Å². The second kappa shape index (κ2) is 54.2. The average molecular weight is 914 g/mol. The Kier molecular flexibility index (Phi) is 52.3. The largest absolute Gasteiger partial charge is 0.462 e. The van der Waals surface area contributed by atoms with E-state index in [0.29, 0.717) is 19.3 Å². The van der Waals surface area contributed by atoms with Gasteiger partial charge in [0.25, 0.3) is 0 Å². The Bertz CT molecular complexity index is 1090. The van der Waals surface area contributed by atoms with Crippen LogP contribution in [0.5, 0.6) is 0 Å². The smallest absolute Gasteiger partial charge is 0.306 e. The molecule has 1 atom stereocenters. The summed E-state index contributed by atoms with van der Waals surface area (Å²) in [6.07, 6.45) is 64.1. The van der Waals surface area contributed by atoms with Crippen molar-refractivity contribution in [2.45, 2.75) is 309 Å². The van der Waals surface area contributed by atoms with Gasteiger partial charge >= 0.3 is 17.9 Å². The fraction of sp³-hybridized carbons (Fsp3) is 0.847. The molecule has 0 saturated heterocycles. The molecular formula is C59H108O6. The van der Waals surface area contributed by atoms with Gasteiger partial charge in [0.05, 0.1) is 0 Å². The fourth-order valence-corrected chi connectivity index (χ4v) is 8.29. The number of unbranched alkanes of at least 4 members (excludes halogenated alkanes) is 35. The SMILES string of the molecule is CCCCCC=CCC=CCCCCCCCC(=O)OC(COC(=O)CCCCCCCC=CCCCCCCCC)COC(=O)CCCCCCCCCCCCCCCCCCC. The summed E-state index contributed by atoms with van der Waals surface area (Å²) in [6.45, 7) is 6.63. The highest BCUT2D eigenvalue weighted by Crippen LogP contribution is 2.16. The summed E-state index contributed by atoms with van der Waals surface area (Å²) in [5.41, 5.74) is 0. The lowest BCUT2D eigenvalue weighted by Gasteiger charge is -2.18. The van der Waals surface area contributed by atoms with Gasteiger partial charge in [-0.15, -0.1) is 0 Å². The molecule has 6 nitrogen and oxygen atoms in total. The van der Waals surface area contributed by atoms with Gasteiger partial charge in [-0.1, -0.05) is 243 Å². The van der Waals surface area contributed by atoms with Gasteiger partial charge in [-0.05, 0) is 77.0 Å². The van der Waals surface area contributed by atoms with Crippen LogP contribution in [-0.4, -0.2) is 37.2 Å². The Morgan fingerprint density at radius 1 is 0.308 bits per heavy atom. The number of carbonyl (C=O) groups excluding carboxylic acids is 3. The van der Waals surface area contributed by atoms with E-state index in [1.54, 1.807) is 0 Å². The fourth-order valence-electron chi connectivity index (χ4n) is 8.29. The Balaban J connectivity index is 4.37. The van der Waals surface area contributed by atoms with Gasteiger partial charge < -0.3 is 14.2 Å².